The molecule has 1 aliphatic heterocycles. The summed E-state index contributed by atoms with van der Waals surface area (Å²) in [5.74, 6) is 0.898. The van der Waals surface area contributed by atoms with Gasteiger partial charge >= 0.3 is 0 Å². The Labute approximate surface area is 159 Å². The number of nitrogens with zero attached hydrogens (tertiary/aromatic N) is 1. The van der Waals surface area contributed by atoms with Crippen LogP contribution in [0.25, 0.3) is 0 Å². The molecule has 25 heavy (non-hydrogen) atoms. The van der Waals surface area contributed by atoms with Crippen molar-refractivity contribution in [2.24, 2.45) is 11.3 Å². The summed E-state index contributed by atoms with van der Waals surface area (Å²) >= 11 is 0. The van der Waals surface area contributed by atoms with Gasteiger partial charge in [0.15, 0.2) is 0 Å². The maximum absolute atomic E-state index is 4.13. The molecule has 150 valence electrons. The van der Waals surface area contributed by atoms with Crippen LogP contribution in [0.15, 0.2) is 12.3 Å². The van der Waals surface area contributed by atoms with E-state index in [1.807, 2.05) is 13.8 Å². The fourth-order valence-corrected chi connectivity index (χ4v) is 4.11. The first-order valence-corrected chi connectivity index (χ1v) is 11.0. The molecule has 1 aliphatic carbocycles. The number of hydrogen-bond donors (Lipinski definition) is 1. The van der Waals surface area contributed by atoms with Gasteiger partial charge in [-0.05, 0) is 64.0 Å². The summed E-state index contributed by atoms with van der Waals surface area (Å²) in [7, 11) is 0. The largest absolute Gasteiger partial charge is 0.386 e. The summed E-state index contributed by atoms with van der Waals surface area (Å²) < 4.78 is 0. The van der Waals surface area contributed by atoms with Crippen molar-refractivity contribution in [3.8, 4) is 0 Å². The third-order valence-electron chi connectivity index (χ3n) is 5.35. The Morgan fingerprint density at radius 1 is 1.00 bits per heavy atom. The van der Waals surface area contributed by atoms with Crippen LogP contribution in [0.5, 0.6) is 0 Å². The molecule has 2 rings (SSSR count). The molecule has 0 aromatic rings. The predicted octanol–water partition coefficient (Wildman–Crippen LogP) is 6.62. The van der Waals surface area contributed by atoms with E-state index in [1.165, 1.54) is 70.2 Å². The fourth-order valence-electron chi connectivity index (χ4n) is 4.11. The van der Waals surface area contributed by atoms with Gasteiger partial charge in [-0.3, -0.25) is 4.90 Å². The Morgan fingerprint density at radius 3 is 1.88 bits per heavy atom. The lowest BCUT2D eigenvalue weighted by atomic mass is 9.77. The number of hydrogen-bond acceptors (Lipinski definition) is 2. The molecule has 0 aromatic carbocycles. The first-order valence-electron chi connectivity index (χ1n) is 11.0. The molecule has 1 saturated carbocycles. The van der Waals surface area contributed by atoms with E-state index in [9.17, 15) is 0 Å². The van der Waals surface area contributed by atoms with Gasteiger partial charge < -0.3 is 5.32 Å². The fraction of sp³-hybridized carbons (Fsp3) is 0.913. The van der Waals surface area contributed by atoms with Crippen molar-refractivity contribution in [2.45, 2.75) is 106 Å². The molecule has 0 unspecified atom stereocenters. The van der Waals surface area contributed by atoms with E-state index in [-0.39, 0.29) is 0 Å². The molecule has 0 radical (unpaired) electrons. The van der Waals surface area contributed by atoms with Gasteiger partial charge in [-0.1, -0.05) is 66.9 Å². The van der Waals surface area contributed by atoms with Gasteiger partial charge in [0, 0.05) is 18.3 Å². The van der Waals surface area contributed by atoms with Gasteiger partial charge in [-0.15, -0.1) is 0 Å². The smallest absolute Gasteiger partial charge is 0.0375 e. The maximum Gasteiger partial charge on any atom is 0.0375 e. The van der Waals surface area contributed by atoms with E-state index in [1.54, 1.807) is 0 Å². The molecule has 1 N–H and O–H groups in total. The molecule has 2 fully saturated rings. The van der Waals surface area contributed by atoms with E-state index in [0.29, 0.717) is 6.04 Å². The quantitative estimate of drug-likeness (QED) is 0.577. The van der Waals surface area contributed by atoms with Gasteiger partial charge in [0.25, 0.3) is 0 Å². The Kier molecular flexibility index (Phi) is 13.4. The SMILES string of the molecule is C=C(CN1CCC2(CCCC2)CC1)NC(C)C.CC.CCCC(C)C. The average molecular weight is 353 g/mol. The van der Waals surface area contributed by atoms with Crippen molar-refractivity contribution in [2.75, 3.05) is 19.6 Å². The third-order valence-corrected chi connectivity index (χ3v) is 5.35. The van der Waals surface area contributed by atoms with Crippen LogP contribution in [0.1, 0.15) is 99.8 Å². The summed E-state index contributed by atoms with van der Waals surface area (Å²) in [4.78, 5) is 2.57. The molecule has 1 saturated heterocycles. The second-order valence-electron chi connectivity index (χ2n) is 8.57. The maximum atomic E-state index is 4.13. The van der Waals surface area contributed by atoms with E-state index in [4.69, 9.17) is 0 Å². The lowest BCUT2D eigenvalue weighted by Crippen LogP contribution is -2.41. The van der Waals surface area contributed by atoms with E-state index >= 15 is 0 Å². The zero-order valence-corrected chi connectivity index (χ0v) is 18.6. The monoisotopic (exact) mass is 352 g/mol. The second-order valence-corrected chi connectivity index (χ2v) is 8.57. The number of piperidine rings is 1. The van der Waals surface area contributed by atoms with Crippen LogP contribution >= 0.6 is 0 Å². The minimum atomic E-state index is 0.508. The van der Waals surface area contributed by atoms with Crippen LogP contribution in [0.2, 0.25) is 0 Å². The standard InChI is InChI=1S/C15H28N2.C6H14.C2H6/c1-13(2)16-14(3)12-17-10-8-15(9-11-17)6-4-5-7-15;1-4-5-6(2)3;1-2/h13,16H,3-12H2,1-2H3;6H,4-5H2,1-3H3;1-2H3. The van der Waals surface area contributed by atoms with Crippen molar-refractivity contribution in [3.05, 3.63) is 12.3 Å². The molecular weight excluding hydrogens is 304 g/mol. The van der Waals surface area contributed by atoms with Crippen LogP contribution in [-0.2, 0) is 0 Å². The summed E-state index contributed by atoms with van der Waals surface area (Å²) in [6, 6.07) is 0.508. The predicted molar refractivity (Wildman–Crippen MR) is 115 cm³/mol. The van der Waals surface area contributed by atoms with E-state index in [0.717, 1.165) is 17.9 Å². The van der Waals surface area contributed by atoms with Crippen molar-refractivity contribution < 1.29 is 0 Å². The molecular formula is C23H48N2. The molecule has 1 heterocycles. The van der Waals surface area contributed by atoms with E-state index < -0.39 is 0 Å². The second kappa shape index (κ2) is 13.7. The lowest BCUT2D eigenvalue weighted by Gasteiger charge is -2.39. The van der Waals surface area contributed by atoms with Crippen LogP contribution in [0, 0.1) is 11.3 Å². The Balaban J connectivity index is 0.000000614. The Morgan fingerprint density at radius 2 is 1.52 bits per heavy atom. The van der Waals surface area contributed by atoms with Crippen LogP contribution in [0.4, 0.5) is 0 Å². The van der Waals surface area contributed by atoms with Gasteiger partial charge in [0.05, 0.1) is 0 Å². The van der Waals surface area contributed by atoms with Gasteiger partial charge in [0.1, 0.15) is 0 Å². The van der Waals surface area contributed by atoms with Crippen LogP contribution < -0.4 is 5.32 Å². The third kappa shape index (κ3) is 10.9. The van der Waals surface area contributed by atoms with Crippen molar-refractivity contribution in [3.63, 3.8) is 0 Å². The van der Waals surface area contributed by atoms with Crippen molar-refractivity contribution in [1.82, 2.24) is 10.2 Å². The van der Waals surface area contributed by atoms with Crippen LogP contribution in [0.3, 0.4) is 0 Å². The molecule has 0 atom stereocenters. The molecule has 0 aromatic heterocycles. The lowest BCUT2D eigenvalue weighted by molar-refractivity contribution is 0.114. The summed E-state index contributed by atoms with van der Waals surface area (Å²) in [6.07, 6.45) is 11.5. The number of rotatable bonds is 6. The van der Waals surface area contributed by atoms with Gasteiger partial charge in [-0.25, -0.2) is 0 Å². The highest BCUT2D eigenvalue weighted by atomic mass is 15.2. The first-order chi connectivity index (χ1) is 11.9. The molecule has 0 amide bonds. The molecule has 0 bridgehead atoms. The zero-order chi connectivity index (χ0) is 19.3. The highest BCUT2D eigenvalue weighted by molar-refractivity contribution is 4.98. The molecule has 2 aliphatic rings. The van der Waals surface area contributed by atoms with Crippen molar-refractivity contribution in [1.29, 1.82) is 0 Å². The van der Waals surface area contributed by atoms with Crippen LogP contribution in [-0.4, -0.2) is 30.6 Å². The normalized spacial score (nSPS) is 19.2. The summed E-state index contributed by atoms with van der Waals surface area (Å²) in [5.41, 5.74) is 1.92. The molecule has 1 spiro atoms. The highest BCUT2D eigenvalue weighted by Crippen LogP contribution is 2.46. The first kappa shape index (κ1) is 24.5. The minimum absolute atomic E-state index is 0.508. The van der Waals surface area contributed by atoms with Gasteiger partial charge in [-0.2, -0.15) is 0 Å². The topological polar surface area (TPSA) is 15.3 Å². The summed E-state index contributed by atoms with van der Waals surface area (Å²) in [6.45, 7) is 22.8. The Hall–Kier alpha value is -0.500. The molecule has 2 heteroatoms. The summed E-state index contributed by atoms with van der Waals surface area (Å²) in [5, 5.41) is 3.41. The minimum Gasteiger partial charge on any atom is -0.386 e. The zero-order valence-electron chi connectivity index (χ0n) is 18.6. The molecule has 2 nitrogen and oxygen atoms in total. The number of likely N-dealkylation sites (tertiary alicyclic amines) is 1. The van der Waals surface area contributed by atoms with Crippen molar-refractivity contribution >= 4 is 0 Å². The highest BCUT2D eigenvalue weighted by Gasteiger charge is 2.36. The van der Waals surface area contributed by atoms with Gasteiger partial charge in [0.2, 0.25) is 0 Å². The average Bonchev–Trinajstić information content (AvgIpc) is 3.00. The Bertz CT molecular complexity index is 317. The number of nitrogens with one attached hydrogen (secondary N) is 1. The van der Waals surface area contributed by atoms with E-state index in [2.05, 4.69) is 51.4 Å².